The van der Waals surface area contributed by atoms with Gasteiger partial charge in [-0.25, -0.2) is 23.0 Å². The molecule has 2 N–H and O–H groups in total. The number of amides is 1. The van der Waals surface area contributed by atoms with Crippen LogP contribution in [0.15, 0.2) is 53.3 Å². The molecule has 14 heteroatoms. The van der Waals surface area contributed by atoms with Crippen molar-refractivity contribution in [3.63, 3.8) is 0 Å². The van der Waals surface area contributed by atoms with Crippen molar-refractivity contribution >= 4 is 43.6 Å². The predicted octanol–water partition coefficient (Wildman–Crippen LogP) is 4.71. The second-order valence-electron chi connectivity index (χ2n) is 7.49. The summed E-state index contributed by atoms with van der Waals surface area (Å²) in [6, 6.07) is 6.96. The van der Waals surface area contributed by atoms with Crippen LogP contribution in [0.4, 0.5) is 38.0 Å². The Morgan fingerprint density at radius 1 is 1.03 bits per heavy atom. The standard InChI is InChI=1S/C22H14F6N4O3S/c1-36(34,32-21(33)22(26,27)28)10-11-6-17(25)30-19(7-11)31-18-8-14(16(24)9-29-18)12-2-3-15(23)13-4-5-35-20(12)13/h2-10H,1H3,(H,29,30,31)(H,32,33,34). The zero-order valence-corrected chi connectivity index (χ0v) is 18.8. The summed E-state index contributed by atoms with van der Waals surface area (Å²) in [5.74, 6) is -5.09. The molecule has 188 valence electrons. The maximum Gasteiger partial charge on any atom is 0.472 e. The van der Waals surface area contributed by atoms with Gasteiger partial charge in [0.1, 0.15) is 28.9 Å². The number of halogens is 6. The average Bonchev–Trinajstić information content (AvgIpc) is 3.25. The molecule has 0 aliphatic rings. The van der Waals surface area contributed by atoms with Gasteiger partial charge in [-0.1, -0.05) is 0 Å². The summed E-state index contributed by atoms with van der Waals surface area (Å²) in [5.41, 5.74) is 0.109. The summed E-state index contributed by atoms with van der Waals surface area (Å²) in [4.78, 5) is 18.5. The van der Waals surface area contributed by atoms with Gasteiger partial charge in [0.2, 0.25) is 5.95 Å². The molecule has 0 bridgehead atoms. The Labute approximate surface area is 199 Å². The minimum Gasteiger partial charge on any atom is -0.464 e. The Morgan fingerprint density at radius 2 is 1.78 bits per heavy atom. The van der Waals surface area contributed by atoms with Gasteiger partial charge < -0.3 is 9.73 Å². The molecule has 1 atom stereocenters. The van der Waals surface area contributed by atoms with Crippen LogP contribution in [0.5, 0.6) is 0 Å². The number of anilines is 2. The van der Waals surface area contributed by atoms with Crippen LogP contribution in [0.3, 0.4) is 0 Å². The smallest absolute Gasteiger partial charge is 0.464 e. The zero-order valence-electron chi connectivity index (χ0n) is 18.0. The topological polar surface area (TPSA) is 97.1 Å². The Balaban J connectivity index is 1.67. The third kappa shape index (κ3) is 5.43. The number of rotatable bonds is 5. The van der Waals surface area contributed by atoms with Gasteiger partial charge in [0.25, 0.3) is 0 Å². The minimum absolute atomic E-state index is 0.0258. The lowest BCUT2D eigenvalue weighted by Gasteiger charge is -2.11. The van der Waals surface area contributed by atoms with Crippen LogP contribution in [0, 0.1) is 17.6 Å². The molecule has 4 aromatic rings. The van der Waals surface area contributed by atoms with E-state index >= 15 is 0 Å². The van der Waals surface area contributed by atoms with Crippen molar-refractivity contribution in [1.29, 1.82) is 0 Å². The van der Waals surface area contributed by atoms with Crippen molar-refractivity contribution < 1.29 is 39.8 Å². The fraction of sp³-hybridized carbons (Fsp3) is 0.0909. The molecule has 0 spiro atoms. The summed E-state index contributed by atoms with van der Waals surface area (Å²) >= 11 is 0. The molecule has 1 aromatic carbocycles. The number of nitrogens with one attached hydrogen (secondary N) is 2. The molecule has 7 nitrogen and oxygen atoms in total. The molecule has 0 saturated heterocycles. The molecular weight excluding hydrogens is 514 g/mol. The highest BCUT2D eigenvalue weighted by Gasteiger charge is 2.39. The maximum atomic E-state index is 14.6. The number of pyridine rings is 2. The largest absolute Gasteiger partial charge is 0.472 e. The van der Waals surface area contributed by atoms with Crippen LogP contribution < -0.4 is 10.0 Å². The van der Waals surface area contributed by atoms with Gasteiger partial charge in [0.05, 0.1) is 27.6 Å². The summed E-state index contributed by atoms with van der Waals surface area (Å²) in [6.07, 6.45) is -2.34. The number of fused-ring (bicyclic) bond motifs is 1. The van der Waals surface area contributed by atoms with Crippen molar-refractivity contribution in [2.24, 2.45) is 0 Å². The molecule has 4 rings (SSSR count). The number of carbonyl (C=O) groups excluding carboxylic acids is 1. The van der Waals surface area contributed by atoms with E-state index in [9.17, 15) is 35.3 Å². The van der Waals surface area contributed by atoms with E-state index in [1.54, 1.807) is 0 Å². The van der Waals surface area contributed by atoms with Crippen molar-refractivity contribution in [3.8, 4) is 11.1 Å². The van der Waals surface area contributed by atoms with Crippen molar-refractivity contribution in [1.82, 2.24) is 14.7 Å². The molecule has 3 aromatic heterocycles. The highest BCUT2D eigenvalue weighted by molar-refractivity contribution is 7.99. The lowest BCUT2D eigenvalue weighted by molar-refractivity contribution is -0.171. The van der Waals surface area contributed by atoms with E-state index in [0.29, 0.717) is 0 Å². The van der Waals surface area contributed by atoms with Crippen LogP contribution in [-0.4, -0.2) is 37.9 Å². The first kappa shape index (κ1) is 25.0. The Bertz CT molecular complexity index is 1610. The first-order valence-electron chi connectivity index (χ1n) is 9.81. The lowest BCUT2D eigenvalue weighted by Crippen LogP contribution is -2.40. The van der Waals surface area contributed by atoms with Crippen LogP contribution in [0.1, 0.15) is 5.56 Å². The third-order valence-corrected chi connectivity index (χ3v) is 6.01. The van der Waals surface area contributed by atoms with Crippen LogP contribution in [-0.2, 0) is 14.5 Å². The Morgan fingerprint density at radius 3 is 2.50 bits per heavy atom. The second kappa shape index (κ2) is 9.18. The van der Waals surface area contributed by atoms with Gasteiger partial charge in [-0.05, 0) is 35.9 Å². The molecule has 0 radical (unpaired) electrons. The molecule has 3 heterocycles. The number of hydrogen-bond donors (Lipinski definition) is 2. The highest BCUT2D eigenvalue weighted by atomic mass is 32.2. The fourth-order valence-electron chi connectivity index (χ4n) is 3.26. The number of carbonyl (C=O) groups is 1. The number of furan rings is 1. The average molecular weight is 528 g/mol. The zero-order chi connectivity index (χ0) is 26.3. The number of aromatic nitrogens is 2. The van der Waals surface area contributed by atoms with Crippen LogP contribution in [0.25, 0.3) is 22.1 Å². The molecule has 0 aliphatic heterocycles. The van der Waals surface area contributed by atoms with Gasteiger partial charge in [0, 0.05) is 28.8 Å². The van der Waals surface area contributed by atoms with E-state index in [4.69, 9.17) is 4.42 Å². The first-order valence-corrected chi connectivity index (χ1v) is 11.8. The van der Waals surface area contributed by atoms with E-state index < -0.39 is 39.4 Å². The van der Waals surface area contributed by atoms with Gasteiger partial charge >= 0.3 is 12.1 Å². The first-order chi connectivity index (χ1) is 16.8. The van der Waals surface area contributed by atoms with E-state index in [-0.39, 0.29) is 39.3 Å². The van der Waals surface area contributed by atoms with E-state index in [2.05, 4.69) is 15.3 Å². The molecule has 0 saturated carbocycles. The van der Waals surface area contributed by atoms with Gasteiger partial charge in [-0.3, -0.25) is 9.52 Å². The summed E-state index contributed by atoms with van der Waals surface area (Å²) < 4.78 is 99.1. The number of nitrogens with zero attached hydrogens (tertiary/aromatic N) is 2. The quantitative estimate of drug-likeness (QED) is 0.221. The van der Waals surface area contributed by atoms with Gasteiger partial charge in [0.15, 0.2) is 0 Å². The summed E-state index contributed by atoms with van der Waals surface area (Å²) in [7, 11) is -3.71. The van der Waals surface area contributed by atoms with Crippen molar-refractivity contribution in [2.75, 3.05) is 11.6 Å². The maximum absolute atomic E-state index is 14.6. The van der Waals surface area contributed by atoms with Crippen molar-refractivity contribution in [2.45, 2.75) is 6.18 Å². The predicted molar refractivity (Wildman–Crippen MR) is 120 cm³/mol. The van der Waals surface area contributed by atoms with E-state index in [0.717, 1.165) is 36.0 Å². The van der Waals surface area contributed by atoms with Gasteiger partial charge in [-0.15, -0.1) is 0 Å². The molecule has 0 fully saturated rings. The molecule has 0 aliphatic carbocycles. The summed E-state index contributed by atoms with van der Waals surface area (Å²) in [6.45, 7) is 0. The lowest BCUT2D eigenvalue weighted by atomic mass is 10.0. The van der Waals surface area contributed by atoms with E-state index in [1.165, 1.54) is 29.2 Å². The molecular formula is C22H14F6N4O3S. The van der Waals surface area contributed by atoms with Crippen LogP contribution >= 0.6 is 0 Å². The number of alkyl halides is 3. The van der Waals surface area contributed by atoms with E-state index in [1.807, 2.05) is 0 Å². The highest BCUT2D eigenvalue weighted by Crippen LogP contribution is 2.33. The molecule has 36 heavy (non-hydrogen) atoms. The summed E-state index contributed by atoms with van der Waals surface area (Å²) in [5, 5.41) is 3.48. The SMILES string of the molecule is CS(=O)(=Cc1cc(F)nc(Nc2cc(-c3ccc(F)c4ccoc34)c(F)cn2)c1)NC(=O)C(F)(F)F. The normalized spacial score (nSPS) is 13.3. The van der Waals surface area contributed by atoms with Crippen LogP contribution in [0.2, 0.25) is 0 Å². The third-order valence-electron chi connectivity index (χ3n) is 4.70. The van der Waals surface area contributed by atoms with Gasteiger partial charge in [-0.2, -0.15) is 17.6 Å². The van der Waals surface area contributed by atoms with Crippen molar-refractivity contribution in [3.05, 3.63) is 72.0 Å². The number of hydrogen-bond acceptors (Lipinski definition) is 6. The Kier molecular flexibility index (Phi) is 6.39. The monoisotopic (exact) mass is 528 g/mol. The second-order valence-corrected chi connectivity index (χ2v) is 9.74. The minimum atomic E-state index is -5.26. The molecule has 1 unspecified atom stereocenters. The number of benzene rings is 1. The fourth-order valence-corrected chi connectivity index (χ4v) is 4.46. The molecule has 1 amide bonds. The Hall–Kier alpha value is -4.07.